The number of likely N-dealkylation sites (N-methyl/N-ethyl adjacent to an activating group) is 1. The zero-order valence-corrected chi connectivity index (χ0v) is 10.1. The number of hydrogen-bond donors (Lipinski definition) is 2. The molecule has 2 rings (SSSR count). The summed E-state index contributed by atoms with van der Waals surface area (Å²) in [4.78, 5) is 11.0. The van der Waals surface area contributed by atoms with E-state index in [4.69, 9.17) is 5.11 Å². The van der Waals surface area contributed by atoms with Gasteiger partial charge in [0.25, 0.3) is 0 Å². The molecule has 3 heteroatoms. The van der Waals surface area contributed by atoms with Crippen molar-refractivity contribution in [2.75, 3.05) is 7.05 Å². The summed E-state index contributed by atoms with van der Waals surface area (Å²) in [5.74, 6) is -0.870. The Kier molecular flexibility index (Phi) is 3.75. The number of carboxylic acids is 1. The molecule has 2 N–H and O–H groups in total. The van der Waals surface area contributed by atoms with E-state index in [1.165, 1.54) is 0 Å². The van der Waals surface area contributed by atoms with E-state index in [0.29, 0.717) is 0 Å². The van der Waals surface area contributed by atoms with Gasteiger partial charge in [0.15, 0.2) is 0 Å². The third-order valence-electron chi connectivity index (χ3n) is 2.89. The first kappa shape index (κ1) is 12.3. The highest BCUT2D eigenvalue weighted by Gasteiger charge is 2.16. The van der Waals surface area contributed by atoms with Gasteiger partial charge >= 0.3 is 5.97 Å². The second kappa shape index (κ2) is 5.47. The molecule has 0 aliphatic carbocycles. The molecule has 0 heterocycles. The SMILES string of the molecule is CNC(C(=O)O)c1ccc(-c2ccccc2)cc1. The van der Waals surface area contributed by atoms with E-state index in [-0.39, 0.29) is 0 Å². The van der Waals surface area contributed by atoms with E-state index in [1.807, 2.05) is 54.6 Å². The van der Waals surface area contributed by atoms with Crippen LogP contribution in [0.1, 0.15) is 11.6 Å². The average Bonchev–Trinajstić information content (AvgIpc) is 2.41. The van der Waals surface area contributed by atoms with Crippen LogP contribution in [-0.2, 0) is 4.79 Å². The van der Waals surface area contributed by atoms with Crippen LogP contribution in [0.2, 0.25) is 0 Å². The second-order valence-electron chi connectivity index (χ2n) is 4.05. The molecule has 1 unspecified atom stereocenters. The van der Waals surface area contributed by atoms with E-state index in [2.05, 4.69) is 5.32 Å². The van der Waals surface area contributed by atoms with Gasteiger partial charge in [-0.1, -0.05) is 54.6 Å². The van der Waals surface area contributed by atoms with Gasteiger partial charge in [-0.15, -0.1) is 0 Å². The van der Waals surface area contributed by atoms with Gasteiger partial charge in [-0.3, -0.25) is 4.79 Å². The summed E-state index contributed by atoms with van der Waals surface area (Å²) in [7, 11) is 1.64. The first-order chi connectivity index (χ1) is 8.72. The van der Waals surface area contributed by atoms with Crippen molar-refractivity contribution in [2.24, 2.45) is 0 Å². The zero-order chi connectivity index (χ0) is 13.0. The van der Waals surface area contributed by atoms with Crippen LogP contribution in [0.25, 0.3) is 11.1 Å². The molecule has 0 fully saturated rings. The number of nitrogens with one attached hydrogen (secondary N) is 1. The summed E-state index contributed by atoms with van der Waals surface area (Å²) in [5, 5.41) is 11.8. The van der Waals surface area contributed by atoms with Crippen LogP contribution in [0.4, 0.5) is 0 Å². The van der Waals surface area contributed by atoms with Crippen molar-refractivity contribution >= 4 is 5.97 Å². The van der Waals surface area contributed by atoms with Gasteiger partial charge < -0.3 is 10.4 Å². The van der Waals surface area contributed by atoms with Gasteiger partial charge in [0.1, 0.15) is 6.04 Å². The van der Waals surface area contributed by atoms with Crippen LogP contribution in [0.15, 0.2) is 54.6 Å². The predicted molar refractivity (Wildman–Crippen MR) is 71.3 cm³/mol. The Labute approximate surface area is 106 Å². The average molecular weight is 241 g/mol. The highest BCUT2D eigenvalue weighted by Crippen LogP contribution is 2.21. The molecule has 0 bridgehead atoms. The van der Waals surface area contributed by atoms with Crippen LogP contribution < -0.4 is 5.32 Å². The Morgan fingerprint density at radius 2 is 1.56 bits per heavy atom. The van der Waals surface area contributed by atoms with Crippen molar-refractivity contribution < 1.29 is 9.90 Å². The minimum atomic E-state index is -0.870. The first-order valence-corrected chi connectivity index (χ1v) is 5.78. The molecule has 0 aliphatic rings. The van der Waals surface area contributed by atoms with E-state index in [1.54, 1.807) is 7.05 Å². The molecule has 0 saturated carbocycles. The summed E-state index contributed by atoms with van der Waals surface area (Å²) < 4.78 is 0. The quantitative estimate of drug-likeness (QED) is 0.865. The number of carbonyl (C=O) groups is 1. The summed E-state index contributed by atoms with van der Waals surface area (Å²) in [6.07, 6.45) is 0. The Hall–Kier alpha value is -2.13. The van der Waals surface area contributed by atoms with Crippen LogP contribution in [0.5, 0.6) is 0 Å². The maximum absolute atomic E-state index is 11.0. The lowest BCUT2D eigenvalue weighted by Crippen LogP contribution is -2.24. The lowest BCUT2D eigenvalue weighted by molar-refractivity contribution is -0.139. The van der Waals surface area contributed by atoms with Gasteiger partial charge in [-0.25, -0.2) is 0 Å². The third-order valence-corrected chi connectivity index (χ3v) is 2.89. The fourth-order valence-electron chi connectivity index (χ4n) is 1.93. The van der Waals surface area contributed by atoms with Crippen molar-refractivity contribution in [1.82, 2.24) is 5.32 Å². The monoisotopic (exact) mass is 241 g/mol. The van der Waals surface area contributed by atoms with E-state index >= 15 is 0 Å². The minimum absolute atomic E-state index is 0.658. The minimum Gasteiger partial charge on any atom is -0.480 e. The van der Waals surface area contributed by atoms with E-state index in [0.717, 1.165) is 16.7 Å². The molecule has 2 aromatic carbocycles. The molecular formula is C15H15NO2. The topological polar surface area (TPSA) is 49.3 Å². The molecule has 0 aromatic heterocycles. The fourth-order valence-corrected chi connectivity index (χ4v) is 1.93. The van der Waals surface area contributed by atoms with Crippen LogP contribution in [0, 0.1) is 0 Å². The predicted octanol–water partition coefficient (Wildman–Crippen LogP) is 2.70. The van der Waals surface area contributed by atoms with Crippen molar-refractivity contribution in [2.45, 2.75) is 6.04 Å². The Bertz CT molecular complexity index is 520. The molecular weight excluding hydrogens is 226 g/mol. The molecule has 3 nitrogen and oxygen atoms in total. The van der Waals surface area contributed by atoms with Crippen molar-refractivity contribution in [1.29, 1.82) is 0 Å². The molecule has 0 aliphatic heterocycles. The second-order valence-corrected chi connectivity index (χ2v) is 4.05. The first-order valence-electron chi connectivity index (χ1n) is 5.78. The van der Waals surface area contributed by atoms with E-state index in [9.17, 15) is 4.79 Å². The third kappa shape index (κ3) is 2.57. The highest BCUT2D eigenvalue weighted by atomic mass is 16.4. The van der Waals surface area contributed by atoms with Crippen LogP contribution in [0.3, 0.4) is 0 Å². The van der Waals surface area contributed by atoms with Crippen LogP contribution >= 0.6 is 0 Å². The zero-order valence-electron chi connectivity index (χ0n) is 10.1. The smallest absolute Gasteiger partial charge is 0.325 e. The van der Waals surface area contributed by atoms with Crippen LogP contribution in [-0.4, -0.2) is 18.1 Å². The Morgan fingerprint density at radius 1 is 1.00 bits per heavy atom. The van der Waals surface area contributed by atoms with Gasteiger partial charge in [0.05, 0.1) is 0 Å². The number of hydrogen-bond acceptors (Lipinski definition) is 2. The van der Waals surface area contributed by atoms with E-state index < -0.39 is 12.0 Å². The summed E-state index contributed by atoms with van der Waals surface area (Å²) in [6, 6.07) is 16.9. The molecule has 0 spiro atoms. The molecule has 0 amide bonds. The molecule has 2 aromatic rings. The number of benzene rings is 2. The number of aliphatic carboxylic acids is 1. The molecule has 0 saturated heterocycles. The normalized spacial score (nSPS) is 12.1. The molecule has 1 atom stereocenters. The maximum atomic E-state index is 11.0. The van der Waals surface area contributed by atoms with Gasteiger partial charge in [0, 0.05) is 0 Å². The molecule has 92 valence electrons. The number of carboxylic acid groups (broad SMARTS) is 1. The standard InChI is InChI=1S/C15H15NO2/c1-16-14(15(17)18)13-9-7-12(8-10-13)11-5-3-2-4-6-11/h2-10,14,16H,1H3,(H,17,18). The fraction of sp³-hybridized carbons (Fsp3) is 0.133. The lowest BCUT2D eigenvalue weighted by Gasteiger charge is -2.12. The summed E-state index contributed by atoms with van der Waals surface area (Å²) >= 11 is 0. The van der Waals surface area contributed by atoms with Gasteiger partial charge in [-0.2, -0.15) is 0 Å². The summed E-state index contributed by atoms with van der Waals surface area (Å²) in [6.45, 7) is 0. The molecule has 18 heavy (non-hydrogen) atoms. The van der Waals surface area contributed by atoms with Gasteiger partial charge in [-0.05, 0) is 23.7 Å². The lowest BCUT2D eigenvalue weighted by atomic mass is 10.0. The van der Waals surface area contributed by atoms with Crippen molar-refractivity contribution in [3.05, 3.63) is 60.2 Å². The summed E-state index contributed by atoms with van der Waals surface area (Å²) in [5.41, 5.74) is 2.96. The maximum Gasteiger partial charge on any atom is 0.325 e. The highest BCUT2D eigenvalue weighted by molar-refractivity contribution is 5.76. The Balaban J connectivity index is 2.28. The Morgan fingerprint density at radius 3 is 2.06 bits per heavy atom. The number of rotatable bonds is 4. The van der Waals surface area contributed by atoms with Crippen molar-refractivity contribution in [3.63, 3.8) is 0 Å². The van der Waals surface area contributed by atoms with Crippen molar-refractivity contribution in [3.8, 4) is 11.1 Å². The van der Waals surface area contributed by atoms with Gasteiger partial charge in [0.2, 0.25) is 0 Å². The largest absolute Gasteiger partial charge is 0.480 e. The molecule has 0 radical (unpaired) electrons.